The maximum atomic E-state index is 11.7. The highest BCUT2D eigenvalue weighted by Crippen LogP contribution is 2.11. The van der Waals surface area contributed by atoms with Crippen LogP contribution in [0.3, 0.4) is 0 Å². The van der Waals surface area contributed by atoms with Gasteiger partial charge in [-0.1, -0.05) is 0 Å². The minimum absolute atomic E-state index is 0.0325. The minimum Gasteiger partial charge on any atom is -0.352 e. The molecule has 2 amide bonds. The van der Waals surface area contributed by atoms with E-state index >= 15 is 0 Å². The van der Waals surface area contributed by atoms with Crippen LogP contribution in [0.1, 0.15) is 33.1 Å². The number of rotatable bonds is 4. The van der Waals surface area contributed by atoms with E-state index in [0.717, 1.165) is 19.4 Å². The Labute approximate surface area is 96.4 Å². The average Bonchev–Trinajstić information content (AvgIpc) is 2.61. The van der Waals surface area contributed by atoms with Crippen molar-refractivity contribution < 1.29 is 9.59 Å². The summed E-state index contributed by atoms with van der Waals surface area (Å²) in [6, 6.07) is 0.189. The normalized spacial score (nSPS) is 21.9. The molecule has 0 bridgehead atoms. The van der Waals surface area contributed by atoms with Gasteiger partial charge in [-0.15, -0.1) is 0 Å². The zero-order valence-electron chi connectivity index (χ0n) is 10.0. The van der Waals surface area contributed by atoms with Gasteiger partial charge in [-0.3, -0.25) is 9.59 Å². The van der Waals surface area contributed by atoms with Crippen molar-refractivity contribution in [3.05, 3.63) is 0 Å². The van der Waals surface area contributed by atoms with Gasteiger partial charge in [0.25, 0.3) is 0 Å². The minimum atomic E-state index is -0.0325. The molecule has 92 valence electrons. The van der Waals surface area contributed by atoms with Crippen LogP contribution in [0.25, 0.3) is 0 Å². The Morgan fingerprint density at radius 1 is 1.56 bits per heavy atom. The number of carbonyl (C=O) groups is 2. The Kier molecular flexibility index (Phi) is 4.73. The smallest absolute Gasteiger partial charge is 0.222 e. The fourth-order valence-electron chi connectivity index (χ4n) is 1.90. The lowest BCUT2D eigenvalue weighted by molar-refractivity contribution is -0.130. The van der Waals surface area contributed by atoms with E-state index in [-0.39, 0.29) is 23.9 Å². The van der Waals surface area contributed by atoms with Gasteiger partial charge in [0.15, 0.2) is 0 Å². The van der Waals surface area contributed by atoms with Gasteiger partial charge in [-0.2, -0.15) is 0 Å². The summed E-state index contributed by atoms with van der Waals surface area (Å²) in [6.45, 7) is 4.78. The molecule has 2 atom stereocenters. The molecule has 5 heteroatoms. The molecule has 0 aromatic heterocycles. The maximum absolute atomic E-state index is 11.7. The number of hydrogen-bond acceptors (Lipinski definition) is 3. The van der Waals surface area contributed by atoms with E-state index in [0.29, 0.717) is 13.0 Å². The summed E-state index contributed by atoms with van der Waals surface area (Å²) >= 11 is 0. The van der Waals surface area contributed by atoms with E-state index in [9.17, 15) is 9.59 Å². The largest absolute Gasteiger partial charge is 0.352 e. The number of likely N-dealkylation sites (tertiary alicyclic amines) is 1. The van der Waals surface area contributed by atoms with E-state index < -0.39 is 0 Å². The average molecular weight is 227 g/mol. The first-order valence-corrected chi connectivity index (χ1v) is 5.79. The molecule has 1 aliphatic rings. The summed E-state index contributed by atoms with van der Waals surface area (Å²) in [7, 11) is 0. The molecule has 5 nitrogen and oxygen atoms in total. The van der Waals surface area contributed by atoms with Crippen LogP contribution in [0, 0.1) is 0 Å². The molecule has 0 aromatic rings. The van der Waals surface area contributed by atoms with Crippen molar-refractivity contribution >= 4 is 11.8 Å². The molecule has 1 saturated heterocycles. The molecule has 0 saturated carbocycles. The van der Waals surface area contributed by atoms with Crippen molar-refractivity contribution in [1.82, 2.24) is 10.2 Å². The van der Waals surface area contributed by atoms with Crippen LogP contribution in [0.4, 0.5) is 0 Å². The summed E-state index contributed by atoms with van der Waals surface area (Å²) in [5.74, 6) is 0.111. The highest BCUT2D eigenvalue weighted by molar-refractivity contribution is 5.77. The van der Waals surface area contributed by atoms with Crippen molar-refractivity contribution in [1.29, 1.82) is 0 Å². The van der Waals surface area contributed by atoms with Gasteiger partial charge in [-0.25, -0.2) is 0 Å². The Morgan fingerprint density at radius 3 is 2.81 bits per heavy atom. The number of hydrogen-bond donors (Lipinski definition) is 2. The Morgan fingerprint density at radius 2 is 2.25 bits per heavy atom. The third-order valence-corrected chi connectivity index (χ3v) is 2.76. The topological polar surface area (TPSA) is 75.4 Å². The summed E-state index contributed by atoms with van der Waals surface area (Å²) < 4.78 is 0. The van der Waals surface area contributed by atoms with Gasteiger partial charge in [0.2, 0.25) is 11.8 Å². The first-order valence-electron chi connectivity index (χ1n) is 5.79. The SMILES string of the molecule is CC(=O)NC1CCN(C(=O)CCC(C)N)C1. The second-order valence-electron chi connectivity index (χ2n) is 4.54. The molecule has 1 heterocycles. The van der Waals surface area contributed by atoms with Gasteiger partial charge in [-0.05, 0) is 19.8 Å². The van der Waals surface area contributed by atoms with Gasteiger partial charge in [0, 0.05) is 38.5 Å². The molecule has 0 aliphatic carbocycles. The van der Waals surface area contributed by atoms with E-state index in [4.69, 9.17) is 5.73 Å². The molecule has 1 fully saturated rings. The molecule has 0 aromatic carbocycles. The molecule has 2 unspecified atom stereocenters. The second kappa shape index (κ2) is 5.84. The Hall–Kier alpha value is -1.10. The number of amides is 2. The zero-order chi connectivity index (χ0) is 12.1. The Balaban J connectivity index is 2.29. The van der Waals surface area contributed by atoms with Crippen molar-refractivity contribution in [3.63, 3.8) is 0 Å². The first-order chi connectivity index (χ1) is 7.49. The lowest BCUT2D eigenvalue weighted by Crippen LogP contribution is -2.37. The number of nitrogens with zero attached hydrogens (tertiary/aromatic N) is 1. The lowest BCUT2D eigenvalue weighted by atomic mass is 10.2. The third kappa shape index (κ3) is 4.18. The predicted molar refractivity (Wildman–Crippen MR) is 61.7 cm³/mol. The van der Waals surface area contributed by atoms with Crippen LogP contribution < -0.4 is 11.1 Å². The first kappa shape index (κ1) is 13.0. The molecule has 1 rings (SSSR count). The number of carbonyl (C=O) groups excluding carboxylic acids is 2. The molecule has 3 N–H and O–H groups in total. The van der Waals surface area contributed by atoms with Crippen molar-refractivity contribution in [2.45, 2.75) is 45.2 Å². The summed E-state index contributed by atoms with van der Waals surface area (Å²) in [4.78, 5) is 24.4. The van der Waals surface area contributed by atoms with Crippen LogP contribution in [0.15, 0.2) is 0 Å². The van der Waals surface area contributed by atoms with Crippen molar-refractivity contribution in [2.24, 2.45) is 5.73 Å². The monoisotopic (exact) mass is 227 g/mol. The molecule has 1 aliphatic heterocycles. The van der Waals surface area contributed by atoms with Crippen molar-refractivity contribution in [3.8, 4) is 0 Å². The summed E-state index contributed by atoms with van der Waals surface area (Å²) in [5, 5.41) is 2.83. The van der Waals surface area contributed by atoms with Crippen LogP contribution in [0.2, 0.25) is 0 Å². The van der Waals surface area contributed by atoms with Crippen LogP contribution >= 0.6 is 0 Å². The Bertz CT molecular complexity index is 266. The molecule has 16 heavy (non-hydrogen) atoms. The quantitative estimate of drug-likeness (QED) is 0.701. The number of nitrogens with two attached hydrogens (primary N) is 1. The van der Waals surface area contributed by atoms with Gasteiger partial charge >= 0.3 is 0 Å². The molecular weight excluding hydrogens is 206 g/mol. The lowest BCUT2D eigenvalue weighted by Gasteiger charge is -2.17. The van der Waals surface area contributed by atoms with E-state index in [1.807, 2.05) is 11.8 Å². The fourth-order valence-corrected chi connectivity index (χ4v) is 1.90. The van der Waals surface area contributed by atoms with E-state index in [1.54, 1.807) is 0 Å². The van der Waals surface area contributed by atoms with Gasteiger partial charge in [0.1, 0.15) is 0 Å². The summed E-state index contributed by atoms with van der Waals surface area (Å²) in [6.07, 6.45) is 2.08. The van der Waals surface area contributed by atoms with Gasteiger partial charge < -0.3 is 16.0 Å². The zero-order valence-corrected chi connectivity index (χ0v) is 10.0. The van der Waals surface area contributed by atoms with Crippen LogP contribution in [-0.4, -0.2) is 41.9 Å². The van der Waals surface area contributed by atoms with Crippen molar-refractivity contribution in [2.75, 3.05) is 13.1 Å². The van der Waals surface area contributed by atoms with Gasteiger partial charge in [0.05, 0.1) is 0 Å². The third-order valence-electron chi connectivity index (χ3n) is 2.76. The van der Waals surface area contributed by atoms with Crippen LogP contribution in [0.5, 0.6) is 0 Å². The fraction of sp³-hybridized carbons (Fsp3) is 0.818. The summed E-state index contributed by atoms with van der Waals surface area (Å²) in [5.41, 5.74) is 5.60. The highest BCUT2D eigenvalue weighted by Gasteiger charge is 2.26. The van der Waals surface area contributed by atoms with Crippen LogP contribution in [-0.2, 0) is 9.59 Å². The molecule has 0 spiro atoms. The second-order valence-corrected chi connectivity index (χ2v) is 4.54. The molecule has 0 radical (unpaired) electrons. The highest BCUT2D eigenvalue weighted by atomic mass is 16.2. The number of nitrogens with one attached hydrogen (secondary N) is 1. The van der Waals surface area contributed by atoms with E-state index in [2.05, 4.69) is 5.32 Å². The van der Waals surface area contributed by atoms with E-state index in [1.165, 1.54) is 6.92 Å². The standard InChI is InChI=1S/C11H21N3O2/c1-8(12)3-4-11(16)14-6-5-10(7-14)13-9(2)15/h8,10H,3-7,12H2,1-2H3,(H,13,15). The molecular formula is C11H21N3O2. The predicted octanol–water partition coefficient (Wildman–Crippen LogP) is -0.149. The maximum Gasteiger partial charge on any atom is 0.222 e.